The zero-order valence-corrected chi connectivity index (χ0v) is 15.9. The van der Waals surface area contributed by atoms with Crippen molar-refractivity contribution in [2.24, 2.45) is 0 Å². The topological polar surface area (TPSA) is 117 Å². The largest absolute Gasteiger partial charge is 0.497 e. The van der Waals surface area contributed by atoms with Gasteiger partial charge in [0.15, 0.2) is 0 Å². The van der Waals surface area contributed by atoms with Crippen LogP contribution in [0.25, 0.3) is 0 Å². The molecule has 0 atom stereocenters. The lowest BCUT2D eigenvalue weighted by molar-refractivity contribution is -0.384. The number of hydrogen-bond donors (Lipinski definition) is 0. The van der Waals surface area contributed by atoms with Crippen molar-refractivity contribution in [1.29, 1.82) is 5.26 Å². The van der Waals surface area contributed by atoms with Crippen LogP contribution in [0.15, 0.2) is 47.4 Å². The fraction of sp³-hybridized carbons (Fsp3) is 0.278. The molecular formula is C18H18N4O5S. The lowest BCUT2D eigenvalue weighted by Crippen LogP contribution is -2.48. The molecule has 0 unspecified atom stereocenters. The van der Waals surface area contributed by atoms with Gasteiger partial charge in [-0.15, -0.1) is 0 Å². The summed E-state index contributed by atoms with van der Waals surface area (Å²) in [5.74, 6) is 0.575. The molecule has 2 aromatic carbocycles. The van der Waals surface area contributed by atoms with E-state index in [2.05, 4.69) is 0 Å². The zero-order valence-electron chi connectivity index (χ0n) is 15.1. The number of nitro benzene ring substituents is 1. The monoisotopic (exact) mass is 402 g/mol. The van der Waals surface area contributed by atoms with Gasteiger partial charge in [0.2, 0.25) is 10.0 Å². The summed E-state index contributed by atoms with van der Waals surface area (Å²) in [6.45, 7) is 1.25. The van der Waals surface area contributed by atoms with E-state index < -0.39 is 14.9 Å². The van der Waals surface area contributed by atoms with E-state index in [1.54, 1.807) is 12.1 Å². The van der Waals surface area contributed by atoms with Crippen molar-refractivity contribution < 1.29 is 18.1 Å². The Labute approximate surface area is 162 Å². The molecule has 0 N–H and O–H groups in total. The molecule has 0 amide bonds. The van der Waals surface area contributed by atoms with Crippen LogP contribution in [-0.4, -0.2) is 50.9 Å². The maximum atomic E-state index is 12.8. The molecule has 0 bridgehead atoms. The van der Waals surface area contributed by atoms with Gasteiger partial charge >= 0.3 is 0 Å². The lowest BCUT2D eigenvalue weighted by atomic mass is 10.1. The van der Waals surface area contributed by atoms with E-state index in [4.69, 9.17) is 4.74 Å². The van der Waals surface area contributed by atoms with Crippen LogP contribution in [0.5, 0.6) is 5.75 Å². The molecule has 0 aliphatic carbocycles. The molecule has 1 aliphatic heterocycles. The van der Waals surface area contributed by atoms with Crippen LogP contribution >= 0.6 is 0 Å². The molecule has 0 aromatic heterocycles. The minimum absolute atomic E-state index is 0.152. The molecule has 0 saturated carbocycles. The number of hydrogen-bond acceptors (Lipinski definition) is 7. The Morgan fingerprint density at radius 1 is 1.11 bits per heavy atom. The molecule has 146 valence electrons. The summed E-state index contributed by atoms with van der Waals surface area (Å²) in [5, 5.41) is 20.2. The highest BCUT2D eigenvalue weighted by molar-refractivity contribution is 7.89. The first kappa shape index (κ1) is 19.6. The van der Waals surface area contributed by atoms with Gasteiger partial charge in [0.25, 0.3) is 5.69 Å². The summed E-state index contributed by atoms with van der Waals surface area (Å²) in [4.78, 5) is 12.4. The van der Waals surface area contributed by atoms with Crippen molar-refractivity contribution in [3.63, 3.8) is 0 Å². The second kappa shape index (κ2) is 7.84. The number of nitro groups is 1. The van der Waals surface area contributed by atoms with Gasteiger partial charge in [-0.05, 0) is 30.3 Å². The standard InChI is InChI=1S/C18H18N4O5S/c1-27-16-3-5-17(6-4-16)28(25,26)21-10-8-20(9-11-21)18-7-2-15(22(23)24)12-14(18)13-19/h2-7,12H,8-11H2,1H3. The predicted octanol–water partition coefficient (Wildman–Crippen LogP) is 1.99. The number of anilines is 1. The van der Waals surface area contributed by atoms with Crippen LogP contribution in [0.2, 0.25) is 0 Å². The summed E-state index contributed by atoms with van der Waals surface area (Å²) < 4.78 is 32.1. The summed E-state index contributed by atoms with van der Waals surface area (Å²) in [5.41, 5.74) is 0.608. The van der Waals surface area contributed by atoms with Gasteiger partial charge < -0.3 is 9.64 Å². The molecule has 3 rings (SSSR count). The minimum Gasteiger partial charge on any atom is -0.497 e. The fourth-order valence-electron chi connectivity index (χ4n) is 3.07. The van der Waals surface area contributed by atoms with Crippen LogP contribution in [0.3, 0.4) is 0 Å². The van der Waals surface area contributed by atoms with Crippen molar-refractivity contribution in [2.75, 3.05) is 38.2 Å². The van der Waals surface area contributed by atoms with Gasteiger partial charge in [0, 0.05) is 38.3 Å². The van der Waals surface area contributed by atoms with E-state index in [1.807, 2.05) is 11.0 Å². The second-order valence-electron chi connectivity index (χ2n) is 6.14. The third kappa shape index (κ3) is 3.76. The van der Waals surface area contributed by atoms with Gasteiger partial charge in [-0.25, -0.2) is 8.42 Å². The number of methoxy groups -OCH3 is 1. The van der Waals surface area contributed by atoms with Crippen LogP contribution in [-0.2, 0) is 10.0 Å². The molecule has 1 fully saturated rings. The Morgan fingerprint density at radius 3 is 2.29 bits per heavy atom. The highest BCUT2D eigenvalue weighted by Crippen LogP contribution is 2.27. The molecule has 9 nitrogen and oxygen atoms in total. The Hall–Kier alpha value is -3.16. The van der Waals surface area contributed by atoms with E-state index >= 15 is 0 Å². The number of nitrogens with zero attached hydrogens (tertiary/aromatic N) is 4. The first-order chi connectivity index (χ1) is 13.4. The number of piperazine rings is 1. The Kier molecular flexibility index (Phi) is 5.48. The van der Waals surface area contributed by atoms with Crippen molar-refractivity contribution in [3.05, 3.63) is 58.1 Å². The molecule has 10 heteroatoms. The number of non-ortho nitro benzene ring substituents is 1. The third-order valence-corrected chi connectivity index (χ3v) is 6.50. The predicted molar refractivity (Wildman–Crippen MR) is 102 cm³/mol. The van der Waals surface area contributed by atoms with E-state index in [0.717, 1.165) is 0 Å². The van der Waals surface area contributed by atoms with E-state index in [1.165, 1.54) is 41.7 Å². The van der Waals surface area contributed by atoms with Crippen molar-refractivity contribution in [3.8, 4) is 11.8 Å². The van der Waals surface area contributed by atoms with Crippen LogP contribution in [0.4, 0.5) is 11.4 Å². The molecule has 0 radical (unpaired) electrons. The molecule has 1 aliphatic rings. The van der Waals surface area contributed by atoms with E-state index in [0.29, 0.717) is 24.5 Å². The smallest absolute Gasteiger partial charge is 0.270 e. The van der Waals surface area contributed by atoms with Gasteiger partial charge in [0.05, 0.1) is 28.2 Å². The molecular weight excluding hydrogens is 384 g/mol. The Morgan fingerprint density at radius 2 is 1.75 bits per heavy atom. The third-order valence-electron chi connectivity index (χ3n) is 4.59. The Bertz CT molecular complexity index is 1020. The van der Waals surface area contributed by atoms with Gasteiger partial charge in [-0.3, -0.25) is 10.1 Å². The summed E-state index contributed by atoms with van der Waals surface area (Å²) in [7, 11) is -2.12. The maximum Gasteiger partial charge on any atom is 0.270 e. The van der Waals surface area contributed by atoms with Gasteiger partial charge in [0.1, 0.15) is 11.8 Å². The summed E-state index contributed by atoms with van der Waals surface area (Å²) >= 11 is 0. The number of rotatable bonds is 5. The van der Waals surface area contributed by atoms with Gasteiger partial charge in [-0.1, -0.05) is 0 Å². The summed E-state index contributed by atoms with van der Waals surface area (Å²) in [6.07, 6.45) is 0. The molecule has 2 aromatic rings. The van der Waals surface area contributed by atoms with E-state index in [9.17, 15) is 23.8 Å². The maximum absolute atomic E-state index is 12.8. The average molecular weight is 402 g/mol. The van der Waals surface area contributed by atoms with Crippen LogP contribution in [0, 0.1) is 21.4 Å². The zero-order chi connectivity index (χ0) is 20.3. The number of benzene rings is 2. The summed E-state index contributed by atoms with van der Waals surface area (Å²) in [6, 6.07) is 12.3. The number of ether oxygens (including phenoxy) is 1. The molecule has 0 spiro atoms. The molecule has 28 heavy (non-hydrogen) atoms. The highest BCUT2D eigenvalue weighted by Gasteiger charge is 2.29. The minimum atomic E-state index is -3.63. The number of nitriles is 1. The van der Waals surface area contributed by atoms with Crippen molar-refractivity contribution in [1.82, 2.24) is 4.31 Å². The molecule has 1 heterocycles. The van der Waals surface area contributed by atoms with Crippen molar-refractivity contribution in [2.45, 2.75) is 4.90 Å². The van der Waals surface area contributed by atoms with Crippen LogP contribution in [0.1, 0.15) is 5.56 Å². The Balaban J connectivity index is 1.75. The molecule has 1 saturated heterocycles. The number of sulfonamides is 1. The fourth-order valence-corrected chi connectivity index (χ4v) is 4.49. The van der Waals surface area contributed by atoms with Crippen LogP contribution < -0.4 is 9.64 Å². The average Bonchev–Trinajstić information content (AvgIpc) is 2.73. The SMILES string of the molecule is COc1ccc(S(=O)(=O)N2CCN(c3ccc([N+](=O)[O-])cc3C#N)CC2)cc1. The first-order valence-corrected chi connectivity index (χ1v) is 9.88. The first-order valence-electron chi connectivity index (χ1n) is 8.44. The van der Waals surface area contributed by atoms with Gasteiger partial charge in [-0.2, -0.15) is 9.57 Å². The normalized spacial score (nSPS) is 15.1. The van der Waals surface area contributed by atoms with Crippen molar-refractivity contribution >= 4 is 21.4 Å². The second-order valence-corrected chi connectivity index (χ2v) is 8.07. The van der Waals surface area contributed by atoms with E-state index in [-0.39, 0.29) is 29.2 Å². The highest BCUT2D eigenvalue weighted by atomic mass is 32.2. The lowest BCUT2D eigenvalue weighted by Gasteiger charge is -2.35. The quantitative estimate of drug-likeness (QED) is 0.554.